The van der Waals surface area contributed by atoms with Gasteiger partial charge >= 0.3 is 5.97 Å². The second kappa shape index (κ2) is 6.62. The highest BCUT2D eigenvalue weighted by Gasteiger charge is 2.19. The fourth-order valence-electron chi connectivity index (χ4n) is 2.64. The van der Waals surface area contributed by atoms with Crippen molar-refractivity contribution in [2.24, 2.45) is 0 Å². The van der Waals surface area contributed by atoms with Crippen LogP contribution < -0.4 is 5.32 Å². The lowest BCUT2D eigenvalue weighted by atomic mass is 10.1. The van der Waals surface area contributed by atoms with E-state index in [2.05, 4.69) is 10.3 Å². The van der Waals surface area contributed by atoms with Crippen LogP contribution in [0.4, 0.5) is 17.1 Å². The Kier molecular flexibility index (Phi) is 4.36. The van der Waals surface area contributed by atoms with E-state index in [0.717, 1.165) is 11.3 Å². The zero-order chi connectivity index (χ0) is 18.0. The van der Waals surface area contributed by atoms with Gasteiger partial charge in [-0.05, 0) is 29.8 Å². The van der Waals surface area contributed by atoms with E-state index in [1.165, 1.54) is 12.1 Å². The number of carbonyl (C=O) groups is 1. The molecule has 3 N–H and O–H groups in total. The zero-order valence-electron chi connectivity index (χ0n) is 13.3. The fourth-order valence-corrected chi connectivity index (χ4v) is 2.64. The van der Waals surface area contributed by atoms with Crippen molar-refractivity contribution in [2.45, 2.75) is 6.61 Å². The number of nitrogens with one attached hydrogen (secondary N) is 2. The van der Waals surface area contributed by atoms with Gasteiger partial charge in [0.1, 0.15) is 11.2 Å². The molecule has 0 aliphatic carbocycles. The molecular weight excluding hydrogens is 326 g/mol. The number of aromatic amines is 1. The molecule has 0 saturated heterocycles. The minimum absolute atomic E-state index is 0.111. The molecule has 0 spiro atoms. The second-order valence-corrected chi connectivity index (χ2v) is 5.42. The summed E-state index contributed by atoms with van der Waals surface area (Å²) in [6, 6.07) is 11.8. The van der Waals surface area contributed by atoms with Crippen molar-refractivity contribution < 1.29 is 19.6 Å². The third kappa shape index (κ3) is 3.29. The van der Waals surface area contributed by atoms with Crippen LogP contribution in [-0.4, -0.2) is 28.1 Å². The standard InChI is InChI=1S/C17H15N3O5/c1-25-9-10-3-2-4-11(7-10)18-13-5-6-15(20(23)24)16-12(13)8-14(19-16)17(21)22/h2-8,18-19H,9H2,1H3,(H,21,22). The third-order valence-electron chi connectivity index (χ3n) is 3.72. The summed E-state index contributed by atoms with van der Waals surface area (Å²) in [6.07, 6.45) is 0. The van der Waals surface area contributed by atoms with Crippen LogP contribution >= 0.6 is 0 Å². The quantitative estimate of drug-likeness (QED) is 0.465. The summed E-state index contributed by atoms with van der Waals surface area (Å²) in [5.41, 5.74) is 2.18. The van der Waals surface area contributed by atoms with E-state index >= 15 is 0 Å². The van der Waals surface area contributed by atoms with Gasteiger partial charge in [0.2, 0.25) is 0 Å². The number of H-pyrrole nitrogens is 1. The molecule has 8 heteroatoms. The van der Waals surface area contributed by atoms with Crippen LogP contribution in [0.15, 0.2) is 42.5 Å². The molecule has 25 heavy (non-hydrogen) atoms. The highest BCUT2D eigenvalue weighted by molar-refractivity contribution is 6.03. The summed E-state index contributed by atoms with van der Waals surface area (Å²) in [6.45, 7) is 0.457. The lowest BCUT2D eigenvalue weighted by Gasteiger charge is -2.09. The number of aromatic carboxylic acids is 1. The van der Waals surface area contributed by atoms with Crippen LogP contribution in [0.1, 0.15) is 16.1 Å². The molecule has 0 unspecified atom stereocenters. The van der Waals surface area contributed by atoms with E-state index in [9.17, 15) is 14.9 Å². The Balaban J connectivity index is 2.07. The summed E-state index contributed by atoms with van der Waals surface area (Å²) in [5.74, 6) is -1.18. The Morgan fingerprint density at radius 1 is 1.32 bits per heavy atom. The number of benzene rings is 2. The second-order valence-electron chi connectivity index (χ2n) is 5.42. The van der Waals surface area contributed by atoms with Crippen molar-refractivity contribution in [3.8, 4) is 0 Å². The number of hydrogen-bond donors (Lipinski definition) is 3. The normalized spacial score (nSPS) is 10.8. The summed E-state index contributed by atoms with van der Waals surface area (Å²) in [4.78, 5) is 24.4. The van der Waals surface area contributed by atoms with Gasteiger partial charge in [-0.1, -0.05) is 12.1 Å². The maximum Gasteiger partial charge on any atom is 0.352 e. The predicted octanol–water partition coefficient (Wildman–Crippen LogP) is 3.66. The SMILES string of the molecule is COCc1cccc(Nc2ccc([N+](=O)[O-])c3[nH]c(C(=O)O)cc23)c1. The first kappa shape index (κ1) is 16.5. The first-order valence-corrected chi connectivity index (χ1v) is 7.38. The average molecular weight is 341 g/mol. The maximum absolute atomic E-state index is 11.2. The summed E-state index contributed by atoms with van der Waals surface area (Å²) < 4.78 is 5.10. The number of carboxylic acid groups (broad SMARTS) is 1. The van der Waals surface area contributed by atoms with Gasteiger partial charge in [-0.25, -0.2) is 4.79 Å². The van der Waals surface area contributed by atoms with Gasteiger partial charge in [0.15, 0.2) is 0 Å². The van der Waals surface area contributed by atoms with E-state index < -0.39 is 10.9 Å². The number of rotatable bonds is 6. The summed E-state index contributed by atoms with van der Waals surface area (Å²) in [5, 5.41) is 23.9. The van der Waals surface area contributed by atoms with Gasteiger partial charge in [0, 0.05) is 29.9 Å². The first-order chi connectivity index (χ1) is 12.0. The molecule has 2 aromatic carbocycles. The number of hydrogen-bond acceptors (Lipinski definition) is 5. The molecule has 3 rings (SSSR count). The Labute approximate surface area is 142 Å². The third-order valence-corrected chi connectivity index (χ3v) is 3.72. The van der Waals surface area contributed by atoms with E-state index in [1.54, 1.807) is 13.2 Å². The van der Waals surface area contributed by atoms with Gasteiger partial charge in [0.05, 0.1) is 11.5 Å². The van der Waals surface area contributed by atoms with Crippen LogP contribution in [0.2, 0.25) is 0 Å². The molecule has 0 atom stereocenters. The van der Waals surface area contributed by atoms with Crippen molar-refractivity contribution in [1.29, 1.82) is 0 Å². The van der Waals surface area contributed by atoms with Crippen LogP contribution in [0, 0.1) is 10.1 Å². The van der Waals surface area contributed by atoms with E-state index in [-0.39, 0.29) is 16.9 Å². The number of carboxylic acids is 1. The molecule has 0 fully saturated rings. The van der Waals surface area contributed by atoms with Crippen molar-refractivity contribution in [3.63, 3.8) is 0 Å². The fraction of sp³-hybridized carbons (Fsp3) is 0.118. The van der Waals surface area contributed by atoms with Crippen molar-refractivity contribution >= 4 is 33.9 Å². The van der Waals surface area contributed by atoms with Crippen LogP contribution in [-0.2, 0) is 11.3 Å². The molecular formula is C17H15N3O5. The minimum Gasteiger partial charge on any atom is -0.477 e. The number of non-ortho nitro benzene ring substituents is 1. The number of aromatic nitrogens is 1. The Bertz CT molecular complexity index is 964. The average Bonchev–Trinajstić information content (AvgIpc) is 3.01. The van der Waals surface area contributed by atoms with Crippen LogP contribution in [0.25, 0.3) is 10.9 Å². The summed E-state index contributed by atoms with van der Waals surface area (Å²) >= 11 is 0. The molecule has 1 aromatic heterocycles. The van der Waals surface area contributed by atoms with Crippen molar-refractivity contribution in [1.82, 2.24) is 4.98 Å². The lowest BCUT2D eigenvalue weighted by molar-refractivity contribution is -0.383. The molecule has 0 bridgehead atoms. The molecule has 0 saturated carbocycles. The number of nitro benzene ring substituents is 1. The first-order valence-electron chi connectivity index (χ1n) is 7.38. The monoisotopic (exact) mass is 341 g/mol. The number of anilines is 2. The van der Waals surface area contributed by atoms with E-state index in [1.807, 2.05) is 24.3 Å². The smallest absolute Gasteiger partial charge is 0.352 e. The van der Waals surface area contributed by atoms with Crippen LogP contribution in [0.5, 0.6) is 0 Å². The molecule has 1 heterocycles. The highest BCUT2D eigenvalue weighted by atomic mass is 16.6. The summed E-state index contributed by atoms with van der Waals surface area (Å²) in [7, 11) is 1.60. The Hall–Kier alpha value is -3.39. The van der Waals surface area contributed by atoms with Crippen molar-refractivity contribution in [2.75, 3.05) is 12.4 Å². The van der Waals surface area contributed by atoms with Crippen molar-refractivity contribution in [3.05, 3.63) is 63.8 Å². The number of nitro groups is 1. The largest absolute Gasteiger partial charge is 0.477 e. The Morgan fingerprint density at radius 3 is 2.80 bits per heavy atom. The van der Waals surface area contributed by atoms with Crippen LogP contribution in [0.3, 0.4) is 0 Å². The van der Waals surface area contributed by atoms with Gasteiger partial charge in [-0.3, -0.25) is 10.1 Å². The minimum atomic E-state index is -1.18. The predicted molar refractivity (Wildman–Crippen MR) is 92.4 cm³/mol. The Morgan fingerprint density at radius 2 is 2.12 bits per heavy atom. The van der Waals surface area contributed by atoms with E-state index in [4.69, 9.17) is 9.84 Å². The van der Waals surface area contributed by atoms with E-state index in [0.29, 0.717) is 17.7 Å². The molecule has 8 nitrogen and oxygen atoms in total. The topological polar surface area (TPSA) is 117 Å². The molecule has 0 amide bonds. The maximum atomic E-state index is 11.2. The zero-order valence-corrected chi connectivity index (χ0v) is 13.3. The number of nitrogens with zero attached hydrogens (tertiary/aromatic N) is 1. The number of fused-ring (bicyclic) bond motifs is 1. The molecule has 0 aliphatic rings. The lowest BCUT2D eigenvalue weighted by Crippen LogP contribution is -1.96. The molecule has 128 valence electrons. The van der Waals surface area contributed by atoms with Gasteiger partial charge in [-0.2, -0.15) is 0 Å². The van der Waals surface area contributed by atoms with Gasteiger partial charge < -0.3 is 20.1 Å². The number of methoxy groups -OCH3 is 1. The van der Waals surface area contributed by atoms with Gasteiger partial charge in [-0.15, -0.1) is 0 Å². The molecule has 3 aromatic rings. The number of ether oxygens (including phenoxy) is 1. The molecule has 0 radical (unpaired) electrons. The van der Waals surface area contributed by atoms with Gasteiger partial charge in [0.25, 0.3) is 5.69 Å². The highest BCUT2D eigenvalue weighted by Crippen LogP contribution is 2.33. The molecule has 0 aliphatic heterocycles.